The minimum atomic E-state index is 0.666. The standard InChI is InChI=1S/C11H11N5S2/c1-2-6-3-7-9(16-12)14-10(15-11(7)18-6)8-4-13-5-17-8/h3-5H,2,12H2,1H3,(H,14,15,16). The number of hydrogen-bond acceptors (Lipinski definition) is 7. The van der Waals surface area contributed by atoms with Gasteiger partial charge < -0.3 is 5.43 Å². The van der Waals surface area contributed by atoms with E-state index < -0.39 is 0 Å². The van der Waals surface area contributed by atoms with Crippen LogP contribution in [0.25, 0.3) is 20.9 Å². The van der Waals surface area contributed by atoms with E-state index in [9.17, 15) is 0 Å². The number of nitrogens with zero attached hydrogens (tertiary/aromatic N) is 3. The molecule has 7 heteroatoms. The molecular formula is C11H11N5S2. The number of thiophene rings is 1. The molecule has 0 bridgehead atoms. The summed E-state index contributed by atoms with van der Waals surface area (Å²) in [5.74, 6) is 6.88. The van der Waals surface area contributed by atoms with Gasteiger partial charge in [-0.3, -0.25) is 4.98 Å². The van der Waals surface area contributed by atoms with Gasteiger partial charge in [0.25, 0.3) is 0 Å². The highest BCUT2D eigenvalue weighted by Gasteiger charge is 2.12. The van der Waals surface area contributed by atoms with Crippen molar-refractivity contribution in [2.75, 3.05) is 5.43 Å². The van der Waals surface area contributed by atoms with Crippen LogP contribution in [0.5, 0.6) is 0 Å². The van der Waals surface area contributed by atoms with Crippen molar-refractivity contribution in [3.63, 3.8) is 0 Å². The number of fused-ring (bicyclic) bond motifs is 1. The summed E-state index contributed by atoms with van der Waals surface area (Å²) >= 11 is 3.19. The second kappa shape index (κ2) is 4.60. The number of hydrogen-bond donors (Lipinski definition) is 2. The SMILES string of the molecule is CCc1cc2c(NN)nc(-c3cncs3)nc2s1. The third kappa shape index (κ3) is 1.86. The lowest BCUT2D eigenvalue weighted by Gasteiger charge is -2.02. The summed E-state index contributed by atoms with van der Waals surface area (Å²) in [6, 6.07) is 2.09. The van der Waals surface area contributed by atoms with Gasteiger partial charge in [-0.1, -0.05) is 6.92 Å². The van der Waals surface area contributed by atoms with Crippen LogP contribution in [-0.4, -0.2) is 15.0 Å². The second-order valence-electron chi connectivity index (χ2n) is 3.69. The topological polar surface area (TPSA) is 76.7 Å². The molecule has 92 valence electrons. The number of anilines is 1. The Hall–Kier alpha value is -1.57. The number of thiazole rings is 1. The number of nitrogen functional groups attached to an aromatic ring is 1. The summed E-state index contributed by atoms with van der Waals surface area (Å²) in [7, 11) is 0. The zero-order chi connectivity index (χ0) is 12.5. The summed E-state index contributed by atoms with van der Waals surface area (Å²) in [5, 5.41) is 0.979. The fourth-order valence-corrected chi connectivity index (χ4v) is 3.21. The highest BCUT2D eigenvalue weighted by Crippen LogP contribution is 2.31. The fraction of sp³-hybridized carbons (Fsp3) is 0.182. The summed E-state index contributed by atoms with van der Waals surface area (Å²) in [6.45, 7) is 2.12. The lowest BCUT2D eigenvalue weighted by atomic mass is 10.3. The molecule has 18 heavy (non-hydrogen) atoms. The van der Waals surface area contributed by atoms with E-state index >= 15 is 0 Å². The average molecular weight is 277 g/mol. The van der Waals surface area contributed by atoms with E-state index in [0.717, 1.165) is 21.5 Å². The molecule has 0 aromatic carbocycles. The second-order valence-corrected chi connectivity index (χ2v) is 5.69. The monoisotopic (exact) mass is 277 g/mol. The van der Waals surface area contributed by atoms with Crippen molar-refractivity contribution >= 4 is 38.7 Å². The summed E-state index contributed by atoms with van der Waals surface area (Å²) in [6.07, 6.45) is 2.75. The molecule has 0 aliphatic heterocycles. The molecule has 0 aliphatic rings. The van der Waals surface area contributed by atoms with Crippen LogP contribution >= 0.6 is 22.7 Å². The van der Waals surface area contributed by atoms with Crippen molar-refractivity contribution in [2.24, 2.45) is 5.84 Å². The van der Waals surface area contributed by atoms with Gasteiger partial charge in [0.2, 0.25) is 0 Å². The van der Waals surface area contributed by atoms with Crippen molar-refractivity contribution < 1.29 is 0 Å². The predicted octanol–water partition coefficient (Wildman–Crippen LogP) is 2.66. The Labute approximate surface area is 112 Å². The smallest absolute Gasteiger partial charge is 0.174 e. The highest BCUT2D eigenvalue weighted by molar-refractivity contribution is 7.18. The van der Waals surface area contributed by atoms with Gasteiger partial charge in [0.05, 0.1) is 15.8 Å². The maximum atomic E-state index is 5.54. The lowest BCUT2D eigenvalue weighted by Crippen LogP contribution is -2.09. The number of nitrogens with one attached hydrogen (secondary N) is 1. The molecule has 0 fully saturated rings. The van der Waals surface area contributed by atoms with E-state index in [0.29, 0.717) is 11.6 Å². The third-order valence-electron chi connectivity index (χ3n) is 2.58. The van der Waals surface area contributed by atoms with Crippen LogP contribution in [0.15, 0.2) is 17.8 Å². The van der Waals surface area contributed by atoms with Crippen LogP contribution in [0.4, 0.5) is 5.82 Å². The van der Waals surface area contributed by atoms with Crippen LogP contribution in [-0.2, 0) is 6.42 Å². The average Bonchev–Trinajstić information content (AvgIpc) is 3.05. The van der Waals surface area contributed by atoms with Crippen LogP contribution in [0.2, 0.25) is 0 Å². The number of rotatable bonds is 3. The van der Waals surface area contributed by atoms with E-state index in [1.807, 2.05) is 0 Å². The van der Waals surface area contributed by atoms with E-state index in [1.165, 1.54) is 16.2 Å². The van der Waals surface area contributed by atoms with Crippen LogP contribution in [0.1, 0.15) is 11.8 Å². The van der Waals surface area contributed by atoms with Crippen LogP contribution in [0.3, 0.4) is 0 Å². The van der Waals surface area contributed by atoms with E-state index in [-0.39, 0.29) is 0 Å². The van der Waals surface area contributed by atoms with Crippen molar-refractivity contribution in [1.29, 1.82) is 0 Å². The van der Waals surface area contributed by atoms with Crippen LogP contribution < -0.4 is 11.3 Å². The Kier molecular flexibility index (Phi) is 2.94. The first kappa shape index (κ1) is 11.5. The van der Waals surface area contributed by atoms with Gasteiger partial charge in [0.15, 0.2) is 11.6 Å². The molecule has 3 rings (SSSR count). The van der Waals surface area contributed by atoms with Crippen molar-refractivity contribution in [3.05, 3.63) is 22.7 Å². The van der Waals surface area contributed by atoms with Gasteiger partial charge >= 0.3 is 0 Å². The van der Waals surface area contributed by atoms with E-state index in [4.69, 9.17) is 5.84 Å². The Morgan fingerprint density at radius 3 is 2.94 bits per heavy atom. The molecule has 3 aromatic heterocycles. The molecule has 0 amide bonds. The van der Waals surface area contributed by atoms with Gasteiger partial charge in [-0.05, 0) is 12.5 Å². The molecule has 3 N–H and O–H groups in total. The Morgan fingerprint density at radius 1 is 1.39 bits per heavy atom. The zero-order valence-corrected chi connectivity index (χ0v) is 11.3. The first-order valence-corrected chi connectivity index (χ1v) is 7.17. The first-order valence-electron chi connectivity index (χ1n) is 5.47. The molecule has 0 saturated carbocycles. The summed E-state index contributed by atoms with van der Waals surface area (Å²) in [4.78, 5) is 16.2. The Bertz CT molecular complexity index is 674. The lowest BCUT2D eigenvalue weighted by molar-refractivity contribution is 1.18. The molecule has 0 aliphatic carbocycles. The molecule has 3 heterocycles. The Morgan fingerprint density at radius 2 is 2.28 bits per heavy atom. The van der Waals surface area contributed by atoms with Gasteiger partial charge in [-0.2, -0.15) is 0 Å². The van der Waals surface area contributed by atoms with Gasteiger partial charge in [-0.15, -0.1) is 22.7 Å². The molecule has 0 saturated heterocycles. The van der Waals surface area contributed by atoms with E-state index in [2.05, 4.69) is 33.4 Å². The minimum Gasteiger partial charge on any atom is -0.308 e. The fourth-order valence-electron chi connectivity index (χ4n) is 1.69. The summed E-state index contributed by atoms with van der Waals surface area (Å²) in [5.41, 5.74) is 4.42. The number of nitrogens with two attached hydrogens (primary N) is 1. The normalized spacial score (nSPS) is 11.0. The minimum absolute atomic E-state index is 0.666. The molecule has 0 atom stereocenters. The molecule has 0 radical (unpaired) electrons. The number of hydrazine groups is 1. The largest absolute Gasteiger partial charge is 0.308 e. The molecule has 0 unspecified atom stereocenters. The maximum Gasteiger partial charge on any atom is 0.174 e. The number of aromatic nitrogens is 3. The Balaban J connectivity index is 2.24. The maximum absolute atomic E-state index is 5.54. The van der Waals surface area contributed by atoms with E-state index in [1.54, 1.807) is 23.0 Å². The zero-order valence-electron chi connectivity index (χ0n) is 9.67. The third-order valence-corrected chi connectivity index (χ3v) is 4.52. The molecular weight excluding hydrogens is 266 g/mol. The molecule has 0 spiro atoms. The molecule has 3 aromatic rings. The van der Waals surface area contributed by atoms with Gasteiger partial charge in [0.1, 0.15) is 4.83 Å². The first-order chi connectivity index (χ1) is 8.81. The summed E-state index contributed by atoms with van der Waals surface area (Å²) < 4.78 is 0. The van der Waals surface area contributed by atoms with Crippen molar-refractivity contribution in [2.45, 2.75) is 13.3 Å². The van der Waals surface area contributed by atoms with Gasteiger partial charge in [0, 0.05) is 11.1 Å². The van der Waals surface area contributed by atoms with Gasteiger partial charge in [-0.25, -0.2) is 15.8 Å². The number of aryl methyl sites for hydroxylation is 1. The highest BCUT2D eigenvalue weighted by atomic mass is 32.1. The quantitative estimate of drug-likeness (QED) is 0.568. The predicted molar refractivity (Wildman–Crippen MR) is 75.7 cm³/mol. The van der Waals surface area contributed by atoms with Crippen molar-refractivity contribution in [3.8, 4) is 10.7 Å². The van der Waals surface area contributed by atoms with Crippen LogP contribution in [0, 0.1) is 0 Å². The van der Waals surface area contributed by atoms with Crippen molar-refractivity contribution in [1.82, 2.24) is 15.0 Å². The molecule has 5 nitrogen and oxygen atoms in total.